The van der Waals surface area contributed by atoms with E-state index in [0.29, 0.717) is 12.3 Å². The average Bonchev–Trinajstić information content (AvgIpc) is 3.17. The lowest BCUT2D eigenvalue weighted by Gasteiger charge is -2.08. The molecular weight excluding hydrogens is 316 g/mol. The highest BCUT2D eigenvalue weighted by atomic mass is 32.1. The number of fused-ring (bicyclic) bond motifs is 1. The fourth-order valence-corrected chi connectivity index (χ4v) is 2.98. The number of hydrogen-bond acceptors (Lipinski definition) is 6. The van der Waals surface area contributed by atoms with Crippen LogP contribution in [-0.2, 0) is 6.54 Å². The molecule has 0 unspecified atom stereocenters. The van der Waals surface area contributed by atoms with Gasteiger partial charge in [-0.05, 0) is 30.3 Å². The molecule has 4 rings (SSSR count). The molecule has 1 aliphatic rings. The summed E-state index contributed by atoms with van der Waals surface area (Å²) in [6.45, 7) is 0.602. The van der Waals surface area contributed by atoms with Crippen LogP contribution in [0, 0.1) is 5.41 Å². The third kappa shape index (κ3) is 2.64. The van der Waals surface area contributed by atoms with Gasteiger partial charge in [0.2, 0.25) is 6.79 Å². The second kappa shape index (κ2) is 5.40. The number of benzene rings is 1. The summed E-state index contributed by atoms with van der Waals surface area (Å²) in [4.78, 5) is 12.0. The molecule has 0 saturated heterocycles. The van der Waals surface area contributed by atoms with Gasteiger partial charge in [-0.2, -0.15) is 5.10 Å². The lowest BCUT2D eigenvalue weighted by molar-refractivity contribution is 0.174. The van der Waals surface area contributed by atoms with Crippen LogP contribution in [-0.4, -0.2) is 20.9 Å². The summed E-state index contributed by atoms with van der Waals surface area (Å²) in [7, 11) is 0. The zero-order valence-electron chi connectivity index (χ0n) is 11.9. The van der Waals surface area contributed by atoms with Crippen LogP contribution < -0.4 is 20.5 Å². The Labute approximate surface area is 134 Å². The normalized spacial score (nSPS) is 12.5. The molecule has 0 saturated carbocycles. The predicted molar refractivity (Wildman–Crippen MR) is 83.7 cm³/mol. The monoisotopic (exact) mass is 328 g/mol. The molecule has 0 atom stereocenters. The fraction of sp³-hybridized carbons (Fsp3) is 0.133. The Kier molecular flexibility index (Phi) is 3.23. The van der Waals surface area contributed by atoms with E-state index in [1.54, 1.807) is 16.8 Å². The average molecular weight is 328 g/mol. The zero-order valence-corrected chi connectivity index (χ0v) is 12.7. The lowest BCUT2D eigenvalue weighted by Crippen LogP contribution is -2.22. The predicted octanol–water partition coefficient (Wildman–Crippen LogP) is 1.56. The van der Waals surface area contributed by atoms with Crippen LogP contribution in [0.2, 0.25) is 0 Å². The quantitative estimate of drug-likeness (QED) is 0.763. The Morgan fingerprint density at radius 3 is 2.91 bits per heavy atom. The van der Waals surface area contributed by atoms with Gasteiger partial charge in [0, 0.05) is 16.5 Å². The molecule has 2 aromatic heterocycles. The van der Waals surface area contributed by atoms with Gasteiger partial charge in [-0.1, -0.05) is 11.5 Å². The molecule has 3 heterocycles. The molecule has 2 N–H and O–H groups in total. The highest BCUT2D eigenvalue weighted by molar-refractivity contribution is 7.05. The molecule has 1 aromatic carbocycles. The van der Waals surface area contributed by atoms with Crippen molar-refractivity contribution in [2.75, 3.05) is 6.79 Å². The Hall–Kier alpha value is -2.87. The Balaban J connectivity index is 1.71. The summed E-state index contributed by atoms with van der Waals surface area (Å²) in [6, 6.07) is 10.6. The summed E-state index contributed by atoms with van der Waals surface area (Å²) < 4.78 is 14.9. The van der Waals surface area contributed by atoms with E-state index in [2.05, 4.69) is 9.47 Å². The van der Waals surface area contributed by atoms with Crippen molar-refractivity contribution in [1.82, 2.24) is 14.2 Å². The third-order valence-corrected chi connectivity index (χ3v) is 4.27. The fourth-order valence-electron chi connectivity index (χ4n) is 2.34. The van der Waals surface area contributed by atoms with Gasteiger partial charge < -0.3 is 9.47 Å². The Bertz CT molecular complexity index is 989. The number of aromatic nitrogens is 3. The highest BCUT2D eigenvalue weighted by Crippen LogP contribution is 2.35. The number of ether oxygens (including phenoxy) is 2. The maximum atomic E-state index is 11.2. The molecule has 3 aromatic rings. The van der Waals surface area contributed by atoms with E-state index in [1.807, 2.05) is 18.2 Å². The minimum absolute atomic E-state index is 0.135. The molecule has 0 amide bonds. The van der Waals surface area contributed by atoms with Crippen molar-refractivity contribution in [1.29, 1.82) is 5.41 Å². The lowest BCUT2D eigenvalue weighted by atomic mass is 10.1. The van der Waals surface area contributed by atoms with Gasteiger partial charge in [0.15, 0.2) is 11.5 Å². The molecule has 116 valence electrons. The topological polar surface area (TPSA) is 93.0 Å². The van der Waals surface area contributed by atoms with Crippen LogP contribution in [0.1, 0.15) is 4.88 Å². The minimum Gasteiger partial charge on any atom is -0.454 e. The summed E-state index contributed by atoms with van der Waals surface area (Å²) >= 11 is 1.25. The van der Waals surface area contributed by atoms with Crippen LogP contribution in [0.4, 0.5) is 0 Å². The number of H-pyrrole nitrogens is 1. The maximum Gasteiger partial charge on any atom is 0.258 e. The highest BCUT2D eigenvalue weighted by Gasteiger charge is 2.14. The van der Waals surface area contributed by atoms with Crippen LogP contribution in [0.3, 0.4) is 0 Å². The molecule has 1 aliphatic heterocycles. The van der Waals surface area contributed by atoms with Gasteiger partial charge in [-0.25, -0.2) is 4.68 Å². The van der Waals surface area contributed by atoms with Gasteiger partial charge in [-0.3, -0.25) is 14.6 Å². The molecule has 0 aliphatic carbocycles. The van der Waals surface area contributed by atoms with Crippen molar-refractivity contribution in [3.63, 3.8) is 0 Å². The Morgan fingerprint density at radius 2 is 2.09 bits per heavy atom. The van der Waals surface area contributed by atoms with Gasteiger partial charge in [0.1, 0.15) is 5.49 Å². The number of rotatable bonds is 3. The largest absolute Gasteiger partial charge is 0.454 e. The number of hydrogen-bond donors (Lipinski definition) is 2. The molecule has 7 nitrogen and oxygen atoms in total. The summed E-state index contributed by atoms with van der Waals surface area (Å²) in [5.74, 6) is 1.41. The van der Waals surface area contributed by atoms with E-state index in [4.69, 9.17) is 14.9 Å². The van der Waals surface area contributed by atoms with Crippen LogP contribution in [0.15, 0.2) is 41.2 Å². The maximum absolute atomic E-state index is 11.2. The minimum atomic E-state index is -0.135. The van der Waals surface area contributed by atoms with Gasteiger partial charge in [-0.15, -0.1) is 0 Å². The van der Waals surface area contributed by atoms with E-state index in [0.717, 1.165) is 21.9 Å². The van der Waals surface area contributed by atoms with Crippen molar-refractivity contribution >= 4 is 11.5 Å². The zero-order chi connectivity index (χ0) is 15.8. The van der Waals surface area contributed by atoms with E-state index in [-0.39, 0.29) is 17.8 Å². The van der Waals surface area contributed by atoms with Crippen molar-refractivity contribution in [3.05, 3.63) is 57.1 Å². The van der Waals surface area contributed by atoms with Crippen molar-refractivity contribution in [2.45, 2.75) is 6.54 Å². The molecule has 8 heteroatoms. The summed E-state index contributed by atoms with van der Waals surface area (Å²) in [5, 5.41) is 12.5. The molecule has 0 fully saturated rings. The Morgan fingerprint density at radius 1 is 1.22 bits per heavy atom. The SMILES string of the molecule is N=c1ccc(-c2ccc3c(c2)OCO3)nn1Cc1cc(=O)[nH]s1. The van der Waals surface area contributed by atoms with E-state index in [1.165, 1.54) is 17.6 Å². The second-order valence-corrected chi connectivity index (χ2v) is 5.94. The van der Waals surface area contributed by atoms with Gasteiger partial charge >= 0.3 is 0 Å². The smallest absolute Gasteiger partial charge is 0.258 e. The number of nitrogens with zero attached hydrogens (tertiary/aromatic N) is 2. The van der Waals surface area contributed by atoms with E-state index in [9.17, 15) is 4.79 Å². The van der Waals surface area contributed by atoms with Crippen LogP contribution in [0.25, 0.3) is 11.3 Å². The first kappa shape index (κ1) is 13.8. The molecule has 0 bridgehead atoms. The first-order valence-electron chi connectivity index (χ1n) is 6.89. The first-order chi connectivity index (χ1) is 11.2. The summed E-state index contributed by atoms with van der Waals surface area (Å²) in [5.41, 5.74) is 1.74. The molecule has 23 heavy (non-hydrogen) atoms. The number of nitrogens with one attached hydrogen (secondary N) is 2. The second-order valence-electron chi connectivity index (χ2n) is 5.01. The van der Waals surface area contributed by atoms with Crippen molar-refractivity contribution in [2.24, 2.45) is 0 Å². The van der Waals surface area contributed by atoms with Gasteiger partial charge in [0.25, 0.3) is 5.56 Å². The molecular formula is C15H12N4O3S. The molecule has 0 spiro atoms. The van der Waals surface area contributed by atoms with E-state index < -0.39 is 0 Å². The van der Waals surface area contributed by atoms with Crippen LogP contribution >= 0.6 is 11.5 Å². The molecule has 0 radical (unpaired) electrons. The first-order valence-corrected chi connectivity index (χ1v) is 7.71. The standard InChI is InChI=1S/C15H12N4O3S/c16-14-4-2-11(9-1-3-12-13(5-9)22-8-21-12)17-19(14)7-10-6-15(20)18-23-10/h1-6,16H,7-8H2,(H,18,20). The number of aromatic amines is 1. The summed E-state index contributed by atoms with van der Waals surface area (Å²) in [6.07, 6.45) is 0. The van der Waals surface area contributed by atoms with Crippen molar-refractivity contribution < 1.29 is 9.47 Å². The van der Waals surface area contributed by atoms with Crippen molar-refractivity contribution in [3.8, 4) is 22.8 Å². The third-order valence-electron chi connectivity index (χ3n) is 3.45. The van der Waals surface area contributed by atoms with E-state index >= 15 is 0 Å². The van der Waals surface area contributed by atoms with Gasteiger partial charge in [0.05, 0.1) is 12.2 Å². The van der Waals surface area contributed by atoms with Crippen LogP contribution in [0.5, 0.6) is 11.5 Å².